The van der Waals surface area contributed by atoms with Crippen LogP contribution in [0.15, 0.2) is 66.7 Å². The molecule has 0 saturated heterocycles. The summed E-state index contributed by atoms with van der Waals surface area (Å²) in [6, 6.07) is 19.2. The number of hydrogen-bond donors (Lipinski definition) is 3. The highest BCUT2D eigenvalue weighted by Crippen LogP contribution is 2.23. The van der Waals surface area contributed by atoms with Crippen LogP contribution in [0.4, 0.5) is 0 Å². The van der Waals surface area contributed by atoms with Crippen molar-refractivity contribution in [2.45, 2.75) is 12.5 Å². The molecule has 3 N–H and O–H groups in total. The summed E-state index contributed by atoms with van der Waals surface area (Å²) in [4.78, 5) is 10.9. The molecule has 0 aliphatic rings. The zero-order valence-corrected chi connectivity index (χ0v) is 14.1. The lowest BCUT2D eigenvalue weighted by Gasteiger charge is -2.12. The molecular weight excluding hydrogens is 326 g/mol. The number of aliphatic carboxylic acids is 1. The molecule has 0 spiro atoms. The number of carbonyl (C=O) groups is 1. The van der Waals surface area contributed by atoms with Crippen LogP contribution in [0.2, 0.25) is 0 Å². The van der Waals surface area contributed by atoms with Gasteiger partial charge < -0.3 is 15.5 Å². The first-order valence-electron chi connectivity index (χ1n) is 7.60. The predicted octanol–water partition coefficient (Wildman–Crippen LogP) is 2.97. The van der Waals surface area contributed by atoms with Gasteiger partial charge in [0, 0.05) is 0 Å². The van der Waals surface area contributed by atoms with Crippen LogP contribution in [-0.4, -0.2) is 35.4 Å². The van der Waals surface area contributed by atoms with Crippen molar-refractivity contribution < 1.29 is 15.0 Å². The molecule has 0 unspecified atom stereocenters. The SMILES string of the molecule is Cl.O=C(O)[C@@H](CO)NCCC=C(c1ccccc1)c1ccccc1. The molecule has 0 radical (unpaired) electrons. The molecule has 2 aromatic rings. The standard InChI is InChI=1S/C19H21NO3.ClH/c21-14-18(19(22)23)20-13-7-12-17(15-8-3-1-4-9-15)16-10-5-2-6-11-16;/h1-6,8-12,18,20-21H,7,13-14H2,(H,22,23);1H/t18-;/m1./s1. The van der Waals surface area contributed by atoms with Crippen LogP contribution >= 0.6 is 12.4 Å². The lowest BCUT2D eigenvalue weighted by Crippen LogP contribution is -2.40. The van der Waals surface area contributed by atoms with Crippen LogP contribution in [0.5, 0.6) is 0 Å². The third-order valence-electron chi connectivity index (χ3n) is 3.53. The van der Waals surface area contributed by atoms with Crippen molar-refractivity contribution in [2.75, 3.05) is 13.2 Å². The van der Waals surface area contributed by atoms with Crippen LogP contribution in [0.3, 0.4) is 0 Å². The first-order valence-corrected chi connectivity index (χ1v) is 7.60. The average Bonchev–Trinajstić information content (AvgIpc) is 2.59. The minimum absolute atomic E-state index is 0. The first-order chi connectivity index (χ1) is 11.2. The minimum atomic E-state index is -1.04. The van der Waals surface area contributed by atoms with Gasteiger partial charge in [-0.25, -0.2) is 0 Å². The van der Waals surface area contributed by atoms with Gasteiger partial charge in [-0.3, -0.25) is 4.79 Å². The molecule has 4 nitrogen and oxygen atoms in total. The van der Waals surface area contributed by atoms with Crippen molar-refractivity contribution >= 4 is 23.9 Å². The van der Waals surface area contributed by atoms with Crippen molar-refractivity contribution in [3.05, 3.63) is 77.9 Å². The molecule has 0 aliphatic heterocycles. The van der Waals surface area contributed by atoms with E-state index >= 15 is 0 Å². The van der Waals surface area contributed by atoms with E-state index in [1.807, 2.05) is 36.4 Å². The normalized spacial score (nSPS) is 11.2. The fourth-order valence-corrected chi connectivity index (χ4v) is 2.34. The molecule has 0 bridgehead atoms. The second-order valence-corrected chi connectivity index (χ2v) is 5.17. The molecule has 2 aromatic carbocycles. The summed E-state index contributed by atoms with van der Waals surface area (Å²) in [6.07, 6.45) is 2.76. The molecule has 24 heavy (non-hydrogen) atoms. The maximum absolute atomic E-state index is 10.9. The molecule has 0 aliphatic carbocycles. The third-order valence-corrected chi connectivity index (χ3v) is 3.53. The van der Waals surface area contributed by atoms with E-state index in [4.69, 9.17) is 10.2 Å². The molecule has 0 fully saturated rings. The third kappa shape index (κ3) is 5.81. The lowest BCUT2D eigenvalue weighted by molar-refractivity contribution is -0.140. The summed E-state index contributed by atoms with van der Waals surface area (Å²) in [5.41, 5.74) is 3.36. The Balaban J connectivity index is 0.00000288. The lowest BCUT2D eigenvalue weighted by atomic mass is 9.97. The largest absolute Gasteiger partial charge is 0.480 e. The molecule has 0 amide bonds. The van der Waals surface area contributed by atoms with Crippen molar-refractivity contribution in [3.63, 3.8) is 0 Å². The predicted molar refractivity (Wildman–Crippen MR) is 98.3 cm³/mol. The summed E-state index contributed by atoms with van der Waals surface area (Å²) in [6.45, 7) is 0.0734. The summed E-state index contributed by atoms with van der Waals surface area (Å²) < 4.78 is 0. The van der Waals surface area contributed by atoms with Gasteiger partial charge in [-0.15, -0.1) is 12.4 Å². The topological polar surface area (TPSA) is 69.6 Å². The van der Waals surface area contributed by atoms with Crippen LogP contribution in [-0.2, 0) is 4.79 Å². The Kier molecular flexibility index (Phi) is 8.79. The van der Waals surface area contributed by atoms with Gasteiger partial charge in [-0.2, -0.15) is 0 Å². The molecule has 5 heteroatoms. The Labute approximate surface area is 148 Å². The van der Waals surface area contributed by atoms with Gasteiger partial charge >= 0.3 is 5.97 Å². The van der Waals surface area contributed by atoms with Gasteiger partial charge in [-0.05, 0) is 29.7 Å². The fourth-order valence-electron chi connectivity index (χ4n) is 2.34. The van der Waals surface area contributed by atoms with Crippen molar-refractivity contribution in [1.82, 2.24) is 5.32 Å². The molecular formula is C19H22ClNO3. The number of hydrogen-bond acceptors (Lipinski definition) is 3. The number of benzene rings is 2. The van der Waals surface area contributed by atoms with Crippen molar-refractivity contribution in [1.29, 1.82) is 0 Å². The highest BCUT2D eigenvalue weighted by atomic mass is 35.5. The molecule has 0 aromatic heterocycles. The molecule has 1 atom stereocenters. The Bertz CT molecular complexity index is 603. The molecule has 128 valence electrons. The highest BCUT2D eigenvalue weighted by Gasteiger charge is 2.14. The van der Waals surface area contributed by atoms with Crippen LogP contribution in [0, 0.1) is 0 Å². The second kappa shape index (κ2) is 10.6. The Morgan fingerprint density at radius 2 is 1.50 bits per heavy atom. The van der Waals surface area contributed by atoms with Crippen LogP contribution in [0.25, 0.3) is 5.57 Å². The van der Waals surface area contributed by atoms with Gasteiger partial charge in [0.05, 0.1) is 6.61 Å². The Morgan fingerprint density at radius 3 is 1.92 bits per heavy atom. The second-order valence-electron chi connectivity index (χ2n) is 5.17. The van der Waals surface area contributed by atoms with E-state index in [2.05, 4.69) is 35.7 Å². The monoisotopic (exact) mass is 347 g/mol. The van der Waals surface area contributed by atoms with Crippen LogP contribution < -0.4 is 5.32 Å². The van der Waals surface area contributed by atoms with Gasteiger partial charge in [0.15, 0.2) is 0 Å². The number of carboxylic acid groups (broad SMARTS) is 1. The van der Waals surface area contributed by atoms with Crippen molar-refractivity contribution in [3.8, 4) is 0 Å². The van der Waals surface area contributed by atoms with E-state index in [-0.39, 0.29) is 12.4 Å². The first kappa shape index (κ1) is 19.9. The Morgan fingerprint density at radius 1 is 1.00 bits per heavy atom. The zero-order chi connectivity index (χ0) is 16.5. The molecule has 0 saturated carbocycles. The minimum Gasteiger partial charge on any atom is -0.480 e. The van der Waals surface area contributed by atoms with E-state index in [0.29, 0.717) is 13.0 Å². The quantitative estimate of drug-likeness (QED) is 0.642. The maximum atomic E-state index is 10.9. The van der Waals surface area contributed by atoms with E-state index in [1.54, 1.807) is 0 Å². The number of nitrogens with one attached hydrogen (secondary N) is 1. The van der Waals surface area contributed by atoms with Gasteiger partial charge in [0.2, 0.25) is 0 Å². The van der Waals surface area contributed by atoms with Gasteiger partial charge in [0.1, 0.15) is 6.04 Å². The Hall–Kier alpha value is -2.14. The maximum Gasteiger partial charge on any atom is 0.323 e. The van der Waals surface area contributed by atoms with E-state index < -0.39 is 18.6 Å². The van der Waals surface area contributed by atoms with E-state index in [1.165, 1.54) is 0 Å². The highest BCUT2D eigenvalue weighted by molar-refractivity contribution is 5.85. The van der Waals surface area contributed by atoms with E-state index in [9.17, 15) is 4.79 Å². The van der Waals surface area contributed by atoms with Crippen LogP contribution in [0.1, 0.15) is 17.5 Å². The number of carboxylic acids is 1. The average molecular weight is 348 g/mol. The number of rotatable bonds is 8. The summed E-state index contributed by atoms with van der Waals surface area (Å²) in [5, 5.41) is 20.7. The number of aliphatic hydroxyl groups is 1. The number of aliphatic hydroxyl groups excluding tert-OH is 1. The smallest absolute Gasteiger partial charge is 0.323 e. The fraction of sp³-hybridized carbons (Fsp3) is 0.211. The van der Waals surface area contributed by atoms with Gasteiger partial charge in [-0.1, -0.05) is 66.7 Å². The summed E-state index contributed by atoms with van der Waals surface area (Å²) in [5.74, 6) is -1.04. The van der Waals surface area contributed by atoms with Gasteiger partial charge in [0.25, 0.3) is 0 Å². The molecule has 2 rings (SSSR count). The van der Waals surface area contributed by atoms with Crippen molar-refractivity contribution in [2.24, 2.45) is 0 Å². The summed E-state index contributed by atoms with van der Waals surface area (Å²) in [7, 11) is 0. The number of halogens is 1. The molecule has 0 heterocycles. The summed E-state index contributed by atoms with van der Waals surface area (Å²) >= 11 is 0. The zero-order valence-electron chi connectivity index (χ0n) is 13.3. The van der Waals surface area contributed by atoms with E-state index in [0.717, 1.165) is 16.7 Å².